The van der Waals surface area contributed by atoms with Crippen LogP contribution in [0.25, 0.3) is 0 Å². The molecule has 2 aromatic rings. The molecule has 0 unspecified atom stereocenters. The van der Waals surface area contributed by atoms with Crippen LogP contribution >= 0.6 is 0 Å². The molecule has 9 nitrogen and oxygen atoms in total. The van der Waals surface area contributed by atoms with Crippen molar-refractivity contribution in [3.05, 3.63) is 53.7 Å². The Hall–Kier alpha value is -3.27. The van der Waals surface area contributed by atoms with Crippen LogP contribution in [0.4, 0.5) is 5.82 Å². The van der Waals surface area contributed by atoms with Gasteiger partial charge in [0.25, 0.3) is 5.91 Å². The highest BCUT2D eigenvalue weighted by Crippen LogP contribution is 2.27. The Bertz CT molecular complexity index is 1110. The monoisotopic (exact) mass is 473 g/mol. The second-order valence-corrected chi connectivity index (χ2v) is 10.3. The van der Waals surface area contributed by atoms with E-state index in [0.717, 1.165) is 44.6 Å². The van der Waals surface area contributed by atoms with E-state index in [1.807, 2.05) is 0 Å². The number of pyridine rings is 1. The number of hydrogen-bond acceptors (Lipinski definition) is 6. The number of benzene rings is 1. The lowest BCUT2D eigenvalue weighted by atomic mass is 9.84. The number of carbonyl (C=O) groups is 3. The van der Waals surface area contributed by atoms with Gasteiger partial charge in [-0.1, -0.05) is 32.1 Å². The van der Waals surface area contributed by atoms with Crippen LogP contribution in [-0.2, 0) is 14.6 Å². The summed E-state index contributed by atoms with van der Waals surface area (Å²) in [5.41, 5.74) is 0.241. The molecule has 10 heteroatoms. The highest BCUT2D eigenvalue weighted by atomic mass is 32.2. The van der Waals surface area contributed by atoms with Crippen molar-refractivity contribution in [2.45, 2.75) is 49.5 Å². The highest BCUT2D eigenvalue weighted by molar-refractivity contribution is 7.90. The van der Waals surface area contributed by atoms with E-state index in [1.165, 1.54) is 36.4 Å². The third-order valence-electron chi connectivity index (χ3n) is 5.72. The lowest BCUT2D eigenvalue weighted by molar-refractivity contribution is -0.118. The molecule has 0 radical (unpaired) electrons. The van der Waals surface area contributed by atoms with Crippen LogP contribution in [0, 0.1) is 5.92 Å². The maximum absolute atomic E-state index is 13.0. The van der Waals surface area contributed by atoms with Crippen LogP contribution in [0.2, 0.25) is 0 Å². The first kappa shape index (κ1) is 24.4. The molecule has 1 aromatic heterocycles. The van der Waals surface area contributed by atoms with Crippen LogP contribution in [-0.4, -0.2) is 48.6 Å². The average Bonchev–Trinajstić information content (AvgIpc) is 2.79. The number of carbonyl (C=O) groups excluding carboxylic acids is 2. The SMILES string of the molecule is CS(=O)(=O)c1ccc(C(=O)N[C@@H](CC2CCCCC2)C(=O)Nc2ccc(C(=O)O)cn2)cc1. The van der Waals surface area contributed by atoms with Crippen molar-refractivity contribution in [2.24, 2.45) is 5.92 Å². The Morgan fingerprint density at radius 1 is 1.03 bits per heavy atom. The van der Waals surface area contributed by atoms with Crippen molar-refractivity contribution < 1.29 is 27.9 Å². The van der Waals surface area contributed by atoms with Crippen LogP contribution < -0.4 is 10.6 Å². The molecule has 0 saturated heterocycles. The summed E-state index contributed by atoms with van der Waals surface area (Å²) >= 11 is 0. The molecular formula is C23H27N3O6S. The summed E-state index contributed by atoms with van der Waals surface area (Å²) in [6, 6.07) is 7.44. The Kier molecular flexibility index (Phi) is 7.80. The Labute approximate surface area is 192 Å². The second kappa shape index (κ2) is 10.6. The largest absolute Gasteiger partial charge is 0.478 e. The van der Waals surface area contributed by atoms with Gasteiger partial charge in [-0.25, -0.2) is 18.2 Å². The number of nitrogens with one attached hydrogen (secondary N) is 2. The minimum absolute atomic E-state index is 0.00222. The van der Waals surface area contributed by atoms with Gasteiger partial charge in [-0.15, -0.1) is 0 Å². The lowest BCUT2D eigenvalue weighted by Gasteiger charge is -2.26. The summed E-state index contributed by atoms with van der Waals surface area (Å²) in [7, 11) is -3.38. The summed E-state index contributed by atoms with van der Waals surface area (Å²) in [5.74, 6) is -1.57. The van der Waals surface area contributed by atoms with Crippen LogP contribution in [0.3, 0.4) is 0 Å². The van der Waals surface area contributed by atoms with E-state index in [0.29, 0.717) is 12.3 Å². The van der Waals surface area contributed by atoms with Crippen molar-refractivity contribution in [1.82, 2.24) is 10.3 Å². The third-order valence-corrected chi connectivity index (χ3v) is 6.85. The van der Waals surface area contributed by atoms with Crippen LogP contribution in [0.1, 0.15) is 59.2 Å². The summed E-state index contributed by atoms with van der Waals surface area (Å²) in [5, 5.41) is 14.4. The van der Waals surface area contributed by atoms with Gasteiger partial charge in [-0.05, 0) is 48.7 Å². The smallest absolute Gasteiger partial charge is 0.337 e. The van der Waals surface area contributed by atoms with Gasteiger partial charge < -0.3 is 15.7 Å². The molecule has 0 spiro atoms. The molecule has 2 amide bonds. The topological polar surface area (TPSA) is 143 Å². The molecule has 1 aliphatic carbocycles. The predicted octanol–water partition coefficient (Wildman–Crippen LogP) is 2.89. The van der Waals surface area contributed by atoms with E-state index in [4.69, 9.17) is 5.11 Å². The quantitative estimate of drug-likeness (QED) is 0.535. The number of anilines is 1. The number of sulfone groups is 1. The van der Waals surface area contributed by atoms with Gasteiger partial charge >= 0.3 is 5.97 Å². The van der Waals surface area contributed by atoms with Gasteiger partial charge in [0.1, 0.15) is 11.9 Å². The fourth-order valence-electron chi connectivity index (χ4n) is 3.89. The number of carboxylic acid groups (broad SMARTS) is 1. The van der Waals surface area contributed by atoms with Gasteiger partial charge in [0, 0.05) is 18.0 Å². The molecule has 0 bridgehead atoms. The highest BCUT2D eigenvalue weighted by Gasteiger charge is 2.27. The van der Waals surface area contributed by atoms with Gasteiger partial charge in [0.2, 0.25) is 5.91 Å². The van der Waals surface area contributed by atoms with Crippen molar-refractivity contribution in [1.29, 1.82) is 0 Å². The first-order valence-electron chi connectivity index (χ1n) is 10.7. The van der Waals surface area contributed by atoms with E-state index >= 15 is 0 Å². The second-order valence-electron chi connectivity index (χ2n) is 8.29. The van der Waals surface area contributed by atoms with Gasteiger partial charge in [0.15, 0.2) is 9.84 Å². The molecule has 1 fully saturated rings. The Morgan fingerprint density at radius 3 is 2.21 bits per heavy atom. The summed E-state index contributed by atoms with van der Waals surface area (Å²) < 4.78 is 23.3. The number of nitrogens with zero attached hydrogens (tertiary/aromatic N) is 1. The van der Waals surface area contributed by atoms with Gasteiger partial charge in [0.05, 0.1) is 10.5 Å². The fourth-order valence-corrected chi connectivity index (χ4v) is 4.52. The maximum atomic E-state index is 13.0. The van der Waals surface area contributed by atoms with Gasteiger partial charge in [-0.3, -0.25) is 9.59 Å². The number of hydrogen-bond donors (Lipinski definition) is 3. The van der Waals surface area contributed by atoms with Gasteiger partial charge in [-0.2, -0.15) is 0 Å². The van der Waals surface area contributed by atoms with E-state index in [2.05, 4.69) is 15.6 Å². The van der Waals surface area contributed by atoms with Crippen LogP contribution in [0.15, 0.2) is 47.5 Å². The number of amides is 2. The minimum Gasteiger partial charge on any atom is -0.478 e. The van der Waals surface area contributed by atoms with E-state index in [1.54, 1.807) is 0 Å². The lowest BCUT2D eigenvalue weighted by Crippen LogP contribution is -2.45. The van der Waals surface area contributed by atoms with E-state index in [-0.39, 0.29) is 21.8 Å². The molecule has 3 rings (SSSR count). The molecule has 33 heavy (non-hydrogen) atoms. The predicted molar refractivity (Wildman–Crippen MR) is 122 cm³/mol. The summed E-state index contributed by atoms with van der Waals surface area (Å²) in [4.78, 5) is 40.9. The molecule has 1 heterocycles. The molecule has 1 atom stereocenters. The first-order valence-corrected chi connectivity index (χ1v) is 12.6. The number of rotatable bonds is 8. The third kappa shape index (κ3) is 6.85. The normalized spacial score (nSPS) is 15.4. The molecule has 1 saturated carbocycles. The van der Waals surface area contributed by atoms with Crippen molar-refractivity contribution in [3.8, 4) is 0 Å². The zero-order valence-corrected chi connectivity index (χ0v) is 19.1. The van der Waals surface area contributed by atoms with E-state index < -0.39 is 33.7 Å². The average molecular weight is 474 g/mol. The molecule has 1 aromatic carbocycles. The number of aromatic nitrogens is 1. The maximum Gasteiger partial charge on any atom is 0.337 e. The zero-order chi connectivity index (χ0) is 24.0. The standard InChI is InChI=1S/C23H27N3O6S/c1-33(31,32)18-10-7-16(8-11-18)21(27)25-19(13-15-5-3-2-4-6-15)22(28)26-20-12-9-17(14-24-20)23(29)30/h7-12,14-15,19H,2-6,13H2,1H3,(H,25,27)(H,29,30)(H,24,26,28)/t19-/m0/s1. The first-order chi connectivity index (χ1) is 15.6. The zero-order valence-electron chi connectivity index (χ0n) is 18.3. The Morgan fingerprint density at radius 2 is 1.67 bits per heavy atom. The van der Waals surface area contributed by atoms with Crippen molar-refractivity contribution in [2.75, 3.05) is 11.6 Å². The number of carboxylic acids is 1. The molecule has 176 valence electrons. The summed E-state index contributed by atoms with van der Waals surface area (Å²) in [6.07, 6.45) is 7.98. The summed E-state index contributed by atoms with van der Waals surface area (Å²) in [6.45, 7) is 0. The van der Waals surface area contributed by atoms with Crippen molar-refractivity contribution in [3.63, 3.8) is 0 Å². The minimum atomic E-state index is -3.38. The molecule has 1 aliphatic rings. The Balaban J connectivity index is 1.74. The molecular weight excluding hydrogens is 446 g/mol. The van der Waals surface area contributed by atoms with Crippen molar-refractivity contribution >= 4 is 33.4 Å². The fraction of sp³-hybridized carbons (Fsp3) is 0.391. The molecule has 0 aliphatic heterocycles. The van der Waals surface area contributed by atoms with Crippen LogP contribution in [0.5, 0.6) is 0 Å². The number of aromatic carboxylic acids is 1. The molecule has 3 N–H and O–H groups in total. The van der Waals surface area contributed by atoms with E-state index in [9.17, 15) is 22.8 Å².